The SMILES string of the molecule is O=C(Cc1ccc(C(F)(F)F)cc1)NC1COCC1Cc1ccncc1. The van der Waals surface area contributed by atoms with E-state index in [9.17, 15) is 18.0 Å². The van der Waals surface area contributed by atoms with Crippen molar-refractivity contribution in [1.82, 2.24) is 10.3 Å². The molecule has 0 spiro atoms. The van der Waals surface area contributed by atoms with Crippen molar-refractivity contribution >= 4 is 5.91 Å². The van der Waals surface area contributed by atoms with Crippen LogP contribution < -0.4 is 5.32 Å². The predicted octanol–water partition coefficient (Wildman–Crippen LogP) is 3.02. The molecule has 3 rings (SSSR count). The van der Waals surface area contributed by atoms with E-state index in [1.807, 2.05) is 12.1 Å². The Labute approximate surface area is 149 Å². The van der Waals surface area contributed by atoms with E-state index in [0.717, 1.165) is 24.1 Å². The van der Waals surface area contributed by atoms with Crippen LogP contribution in [-0.2, 0) is 28.5 Å². The fourth-order valence-electron chi connectivity index (χ4n) is 3.04. The highest BCUT2D eigenvalue weighted by atomic mass is 19.4. The Morgan fingerprint density at radius 1 is 1.08 bits per heavy atom. The van der Waals surface area contributed by atoms with Gasteiger partial charge in [0, 0.05) is 18.3 Å². The van der Waals surface area contributed by atoms with Crippen LogP contribution >= 0.6 is 0 Å². The van der Waals surface area contributed by atoms with Crippen LogP contribution in [0.3, 0.4) is 0 Å². The summed E-state index contributed by atoms with van der Waals surface area (Å²) in [5.74, 6) is -0.0612. The van der Waals surface area contributed by atoms with Crippen molar-refractivity contribution < 1.29 is 22.7 Å². The summed E-state index contributed by atoms with van der Waals surface area (Å²) >= 11 is 0. The fourth-order valence-corrected chi connectivity index (χ4v) is 3.04. The molecule has 0 bridgehead atoms. The maximum absolute atomic E-state index is 12.6. The van der Waals surface area contributed by atoms with Gasteiger partial charge in [0.1, 0.15) is 0 Å². The Morgan fingerprint density at radius 3 is 2.42 bits per heavy atom. The van der Waals surface area contributed by atoms with Gasteiger partial charge >= 0.3 is 6.18 Å². The minimum absolute atomic E-state index is 0.0383. The van der Waals surface area contributed by atoms with Crippen LogP contribution in [0.15, 0.2) is 48.8 Å². The summed E-state index contributed by atoms with van der Waals surface area (Å²) in [6, 6.07) is 8.41. The number of nitrogens with zero attached hydrogens (tertiary/aromatic N) is 1. The number of aromatic nitrogens is 1. The highest BCUT2D eigenvalue weighted by molar-refractivity contribution is 5.79. The van der Waals surface area contributed by atoms with Gasteiger partial charge in [0.05, 0.1) is 31.2 Å². The molecule has 2 atom stereocenters. The Morgan fingerprint density at radius 2 is 1.77 bits per heavy atom. The molecule has 1 aliphatic rings. The number of pyridine rings is 1. The number of hydrogen-bond donors (Lipinski definition) is 1. The largest absolute Gasteiger partial charge is 0.416 e. The molecule has 1 aromatic carbocycles. The molecule has 2 unspecified atom stereocenters. The number of benzene rings is 1. The van der Waals surface area contributed by atoms with Crippen LogP contribution in [-0.4, -0.2) is 30.1 Å². The van der Waals surface area contributed by atoms with Crippen LogP contribution in [0.25, 0.3) is 0 Å². The van der Waals surface area contributed by atoms with Crippen molar-refractivity contribution in [2.75, 3.05) is 13.2 Å². The van der Waals surface area contributed by atoms with E-state index in [1.54, 1.807) is 12.4 Å². The monoisotopic (exact) mass is 364 g/mol. The maximum atomic E-state index is 12.6. The fraction of sp³-hybridized carbons (Fsp3) is 0.368. The molecule has 1 aliphatic heterocycles. The Kier molecular flexibility index (Phi) is 5.56. The number of carbonyl (C=O) groups excluding carboxylic acids is 1. The number of halogens is 3. The highest BCUT2D eigenvalue weighted by Gasteiger charge is 2.31. The van der Waals surface area contributed by atoms with Gasteiger partial charge in [0.2, 0.25) is 5.91 Å². The zero-order chi connectivity index (χ0) is 18.6. The second kappa shape index (κ2) is 7.86. The summed E-state index contributed by atoms with van der Waals surface area (Å²) in [6.07, 6.45) is -0.112. The van der Waals surface area contributed by atoms with Gasteiger partial charge in [-0.05, 0) is 41.8 Å². The van der Waals surface area contributed by atoms with E-state index < -0.39 is 11.7 Å². The minimum Gasteiger partial charge on any atom is -0.379 e. The molecule has 1 aromatic heterocycles. The lowest BCUT2D eigenvalue weighted by molar-refractivity contribution is -0.137. The summed E-state index contributed by atoms with van der Waals surface area (Å²) in [4.78, 5) is 16.2. The molecule has 2 aromatic rings. The molecule has 1 saturated heterocycles. The van der Waals surface area contributed by atoms with E-state index in [-0.39, 0.29) is 24.3 Å². The number of hydrogen-bond acceptors (Lipinski definition) is 3. The average molecular weight is 364 g/mol. The van der Waals surface area contributed by atoms with Crippen molar-refractivity contribution in [3.05, 3.63) is 65.5 Å². The highest BCUT2D eigenvalue weighted by Crippen LogP contribution is 2.29. The van der Waals surface area contributed by atoms with Crippen molar-refractivity contribution in [2.24, 2.45) is 5.92 Å². The summed E-state index contributed by atoms with van der Waals surface area (Å²) in [7, 11) is 0. The Bertz CT molecular complexity index is 733. The summed E-state index contributed by atoms with van der Waals surface area (Å²) < 4.78 is 43.2. The van der Waals surface area contributed by atoms with Gasteiger partial charge < -0.3 is 10.1 Å². The van der Waals surface area contributed by atoms with Gasteiger partial charge in [0.15, 0.2) is 0 Å². The van der Waals surface area contributed by atoms with Crippen molar-refractivity contribution in [2.45, 2.75) is 25.1 Å². The first-order valence-electron chi connectivity index (χ1n) is 8.34. The van der Waals surface area contributed by atoms with Gasteiger partial charge in [-0.1, -0.05) is 12.1 Å². The van der Waals surface area contributed by atoms with Crippen LogP contribution in [0.1, 0.15) is 16.7 Å². The summed E-state index contributed by atoms with van der Waals surface area (Å²) in [5.41, 5.74) is 0.945. The minimum atomic E-state index is -4.37. The molecule has 1 N–H and O–H groups in total. The van der Waals surface area contributed by atoms with E-state index in [0.29, 0.717) is 18.8 Å². The van der Waals surface area contributed by atoms with Crippen LogP contribution in [0.2, 0.25) is 0 Å². The van der Waals surface area contributed by atoms with E-state index >= 15 is 0 Å². The summed E-state index contributed by atoms with van der Waals surface area (Å²) in [5, 5.41) is 2.94. The average Bonchev–Trinajstić information content (AvgIpc) is 3.02. The Hall–Kier alpha value is -2.41. The number of nitrogens with one attached hydrogen (secondary N) is 1. The van der Waals surface area contributed by atoms with Gasteiger partial charge in [-0.3, -0.25) is 9.78 Å². The first-order valence-corrected chi connectivity index (χ1v) is 8.34. The lowest BCUT2D eigenvalue weighted by atomic mass is 9.95. The first-order chi connectivity index (χ1) is 12.4. The van der Waals surface area contributed by atoms with Crippen LogP contribution in [0, 0.1) is 5.92 Å². The number of rotatable bonds is 5. The second-order valence-corrected chi connectivity index (χ2v) is 6.40. The predicted molar refractivity (Wildman–Crippen MR) is 89.3 cm³/mol. The molecule has 0 radical (unpaired) electrons. The smallest absolute Gasteiger partial charge is 0.379 e. The van der Waals surface area contributed by atoms with Crippen molar-refractivity contribution in [3.8, 4) is 0 Å². The lowest BCUT2D eigenvalue weighted by Crippen LogP contribution is -2.41. The zero-order valence-corrected chi connectivity index (χ0v) is 14.0. The van der Waals surface area contributed by atoms with Crippen molar-refractivity contribution in [1.29, 1.82) is 0 Å². The van der Waals surface area contributed by atoms with Crippen LogP contribution in [0.4, 0.5) is 13.2 Å². The standard InChI is InChI=1S/C19H19F3N2O2/c20-19(21,22)16-3-1-13(2-4-16)10-18(25)24-17-12-26-11-15(17)9-14-5-7-23-8-6-14/h1-8,15,17H,9-12H2,(H,24,25). The Balaban J connectivity index is 1.55. The van der Waals surface area contributed by atoms with Gasteiger partial charge in [0.25, 0.3) is 0 Å². The molecule has 0 aliphatic carbocycles. The van der Waals surface area contributed by atoms with E-state index in [4.69, 9.17) is 4.74 Å². The maximum Gasteiger partial charge on any atom is 0.416 e. The van der Waals surface area contributed by atoms with Crippen LogP contribution in [0.5, 0.6) is 0 Å². The molecular formula is C19H19F3N2O2. The third-order valence-electron chi connectivity index (χ3n) is 4.44. The number of ether oxygens (including phenoxy) is 1. The molecule has 26 heavy (non-hydrogen) atoms. The summed E-state index contributed by atoms with van der Waals surface area (Å²) in [6.45, 7) is 1.00. The number of alkyl halides is 3. The molecular weight excluding hydrogens is 345 g/mol. The van der Waals surface area contributed by atoms with Crippen molar-refractivity contribution in [3.63, 3.8) is 0 Å². The molecule has 4 nitrogen and oxygen atoms in total. The molecule has 1 fully saturated rings. The van der Waals surface area contributed by atoms with Gasteiger partial charge in [-0.2, -0.15) is 13.2 Å². The van der Waals surface area contributed by atoms with E-state index in [1.165, 1.54) is 12.1 Å². The van der Waals surface area contributed by atoms with E-state index in [2.05, 4.69) is 10.3 Å². The number of carbonyl (C=O) groups is 1. The van der Waals surface area contributed by atoms with Gasteiger partial charge in [-0.15, -0.1) is 0 Å². The quantitative estimate of drug-likeness (QED) is 0.887. The lowest BCUT2D eigenvalue weighted by Gasteiger charge is -2.19. The second-order valence-electron chi connectivity index (χ2n) is 6.40. The topological polar surface area (TPSA) is 51.2 Å². The van der Waals surface area contributed by atoms with Gasteiger partial charge in [-0.25, -0.2) is 0 Å². The molecule has 1 amide bonds. The first kappa shape index (κ1) is 18.4. The molecule has 0 saturated carbocycles. The normalized spacial score (nSPS) is 20.1. The third-order valence-corrected chi connectivity index (χ3v) is 4.44. The third kappa shape index (κ3) is 4.82. The molecule has 138 valence electrons. The number of amides is 1. The molecule has 2 heterocycles. The molecule has 7 heteroatoms. The zero-order valence-electron chi connectivity index (χ0n) is 14.0.